The number of carboxylic acid groups (broad SMARTS) is 1. The highest BCUT2D eigenvalue weighted by molar-refractivity contribution is 5.88. The van der Waals surface area contributed by atoms with Crippen LogP contribution in [-0.4, -0.2) is 41.9 Å². The second kappa shape index (κ2) is 4.25. The van der Waals surface area contributed by atoms with E-state index >= 15 is 0 Å². The van der Waals surface area contributed by atoms with Crippen molar-refractivity contribution in [3.63, 3.8) is 0 Å². The van der Waals surface area contributed by atoms with Gasteiger partial charge < -0.3 is 10.0 Å². The van der Waals surface area contributed by atoms with Crippen LogP contribution in [0.1, 0.15) is 19.8 Å². The number of aliphatic imine (C=N–C) groups is 1. The molecule has 0 aromatic rings. The molecular formula is C9H16N2O2. The number of nitrogens with zero attached hydrogens (tertiary/aromatic N) is 2. The summed E-state index contributed by atoms with van der Waals surface area (Å²) >= 11 is 0. The van der Waals surface area contributed by atoms with Crippen LogP contribution in [0.15, 0.2) is 4.99 Å². The predicted octanol–water partition coefficient (Wildman–Crippen LogP) is 0.831. The van der Waals surface area contributed by atoms with E-state index in [0.717, 1.165) is 25.3 Å². The number of hydrogen-bond acceptors (Lipinski definition) is 3. The lowest BCUT2D eigenvalue weighted by Gasteiger charge is -2.20. The molecule has 13 heavy (non-hydrogen) atoms. The van der Waals surface area contributed by atoms with Gasteiger partial charge in [-0.2, -0.15) is 0 Å². The van der Waals surface area contributed by atoms with Crippen LogP contribution >= 0.6 is 0 Å². The van der Waals surface area contributed by atoms with Crippen LogP contribution in [0.2, 0.25) is 0 Å². The Morgan fingerprint density at radius 3 is 2.85 bits per heavy atom. The quantitative estimate of drug-likeness (QED) is 0.704. The number of hydrogen-bond donors (Lipinski definition) is 1. The first-order chi connectivity index (χ1) is 6.15. The molecule has 1 aliphatic rings. The maximum atomic E-state index is 10.6. The van der Waals surface area contributed by atoms with Gasteiger partial charge in [0.2, 0.25) is 0 Å². The van der Waals surface area contributed by atoms with Gasteiger partial charge in [-0.05, 0) is 6.42 Å². The third-order valence-electron chi connectivity index (χ3n) is 2.38. The van der Waals surface area contributed by atoms with E-state index in [1.165, 1.54) is 0 Å². The number of aliphatic carboxylic acids is 1. The molecule has 74 valence electrons. The number of carbonyl (C=O) groups is 1. The average molecular weight is 184 g/mol. The third-order valence-corrected chi connectivity index (χ3v) is 2.38. The highest BCUT2D eigenvalue weighted by Gasteiger charge is 2.23. The van der Waals surface area contributed by atoms with Crippen LogP contribution in [0.5, 0.6) is 0 Å². The summed E-state index contributed by atoms with van der Waals surface area (Å²) in [6, 6.07) is 0. The fraction of sp³-hybridized carbons (Fsp3) is 0.778. The Hall–Kier alpha value is -1.06. The van der Waals surface area contributed by atoms with Crippen LogP contribution in [-0.2, 0) is 4.79 Å². The Labute approximate surface area is 78.3 Å². The highest BCUT2D eigenvalue weighted by atomic mass is 16.4. The molecule has 0 saturated heterocycles. The van der Waals surface area contributed by atoms with Gasteiger partial charge in [0.1, 0.15) is 5.84 Å². The fourth-order valence-corrected chi connectivity index (χ4v) is 1.62. The van der Waals surface area contributed by atoms with Crippen LogP contribution < -0.4 is 0 Å². The molecule has 4 nitrogen and oxygen atoms in total. The van der Waals surface area contributed by atoms with Crippen LogP contribution in [0.4, 0.5) is 0 Å². The Bertz CT molecular complexity index is 226. The molecule has 0 saturated carbocycles. The number of amidine groups is 1. The molecule has 0 spiro atoms. The maximum absolute atomic E-state index is 10.6. The number of carboxylic acids is 1. The molecule has 0 bridgehead atoms. The standard InChI is InChI=1S/C9H16N2O2/c1-3-7(6-8(12)13)9-10-4-5-11(9)2/h7H,3-6H2,1-2H3,(H,12,13). The van der Waals surface area contributed by atoms with Gasteiger partial charge >= 0.3 is 5.97 Å². The van der Waals surface area contributed by atoms with Crippen molar-refractivity contribution in [1.82, 2.24) is 4.90 Å². The van der Waals surface area contributed by atoms with Gasteiger partial charge in [-0.15, -0.1) is 0 Å². The summed E-state index contributed by atoms with van der Waals surface area (Å²) in [5.74, 6) is 0.310. The Kier molecular flexibility index (Phi) is 3.28. The predicted molar refractivity (Wildman–Crippen MR) is 51.0 cm³/mol. The van der Waals surface area contributed by atoms with Crippen molar-refractivity contribution in [2.24, 2.45) is 10.9 Å². The van der Waals surface area contributed by atoms with Crippen molar-refractivity contribution in [1.29, 1.82) is 0 Å². The van der Waals surface area contributed by atoms with Gasteiger partial charge in [0.05, 0.1) is 13.0 Å². The lowest BCUT2D eigenvalue weighted by molar-refractivity contribution is -0.137. The lowest BCUT2D eigenvalue weighted by Crippen LogP contribution is -2.30. The normalized spacial score (nSPS) is 18.6. The summed E-state index contributed by atoms with van der Waals surface area (Å²) in [5.41, 5.74) is 0. The largest absolute Gasteiger partial charge is 0.481 e. The molecule has 0 amide bonds. The minimum absolute atomic E-state index is 0.0880. The van der Waals surface area contributed by atoms with E-state index in [2.05, 4.69) is 9.89 Å². The summed E-state index contributed by atoms with van der Waals surface area (Å²) in [6.45, 7) is 3.73. The molecule has 1 rings (SSSR count). The van der Waals surface area contributed by atoms with Crippen LogP contribution in [0.3, 0.4) is 0 Å². The molecule has 0 fully saturated rings. The molecule has 0 radical (unpaired) electrons. The van der Waals surface area contributed by atoms with Crippen molar-refractivity contribution < 1.29 is 9.90 Å². The van der Waals surface area contributed by atoms with Crippen molar-refractivity contribution in [2.75, 3.05) is 20.1 Å². The van der Waals surface area contributed by atoms with Gasteiger partial charge in [0, 0.05) is 19.5 Å². The second-order valence-electron chi connectivity index (χ2n) is 3.36. The summed E-state index contributed by atoms with van der Waals surface area (Å²) in [5, 5.41) is 8.69. The smallest absolute Gasteiger partial charge is 0.304 e. The van der Waals surface area contributed by atoms with E-state index < -0.39 is 5.97 Å². The molecular weight excluding hydrogens is 168 g/mol. The van der Waals surface area contributed by atoms with E-state index in [1.54, 1.807) is 0 Å². The first-order valence-corrected chi connectivity index (χ1v) is 4.62. The van der Waals surface area contributed by atoms with E-state index in [-0.39, 0.29) is 12.3 Å². The third kappa shape index (κ3) is 2.44. The topological polar surface area (TPSA) is 52.9 Å². The monoisotopic (exact) mass is 184 g/mol. The number of rotatable bonds is 4. The van der Waals surface area contributed by atoms with E-state index in [0.29, 0.717) is 0 Å². The number of likely N-dealkylation sites (N-methyl/N-ethyl adjacent to an activating group) is 1. The summed E-state index contributed by atoms with van der Waals surface area (Å²) in [4.78, 5) is 16.9. The summed E-state index contributed by atoms with van der Waals surface area (Å²) in [6.07, 6.45) is 1.04. The van der Waals surface area contributed by atoms with Crippen LogP contribution in [0, 0.1) is 5.92 Å². The lowest BCUT2D eigenvalue weighted by atomic mass is 10.0. The van der Waals surface area contributed by atoms with E-state index in [4.69, 9.17) is 5.11 Å². The first kappa shape index (κ1) is 10.0. The van der Waals surface area contributed by atoms with Crippen molar-refractivity contribution in [2.45, 2.75) is 19.8 Å². The fourth-order valence-electron chi connectivity index (χ4n) is 1.62. The van der Waals surface area contributed by atoms with Crippen molar-refractivity contribution in [3.8, 4) is 0 Å². The second-order valence-corrected chi connectivity index (χ2v) is 3.36. The Morgan fingerprint density at radius 2 is 2.46 bits per heavy atom. The maximum Gasteiger partial charge on any atom is 0.304 e. The van der Waals surface area contributed by atoms with Crippen LogP contribution in [0.25, 0.3) is 0 Å². The van der Waals surface area contributed by atoms with Gasteiger partial charge in [-0.1, -0.05) is 6.92 Å². The molecule has 4 heteroatoms. The zero-order valence-corrected chi connectivity index (χ0v) is 8.16. The van der Waals surface area contributed by atoms with E-state index in [1.807, 2.05) is 14.0 Å². The first-order valence-electron chi connectivity index (χ1n) is 4.62. The zero-order valence-electron chi connectivity index (χ0n) is 8.16. The van der Waals surface area contributed by atoms with E-state index in [9.17, 15) is 4.79 Å². The van der Waals surface area contributed by atoms with Gasteiger partial charge in [-0.25, -0.2) is 0 Å². The molecule has 0 aliphatic carbocycles. The molecule has 0 aromatic carbocycles. The van der Waals surface area contributed by atoms with Crippen molar-refractivity contribution >= 4 is 11.8 Å². The minimum Gasteiger partial charge on any atom is -0.481 e. The zero-order chi connectivity index (χ0) is 9.84. The molecule has 1 aliphatic heterocycles. The summed E-state index contributed by atoms with van der Waals surface area (Å²) < 4.78 is 0. The molecule has 1 unspecified atom stereocenters. The molecule has 1 N–H and O–H groups in total. The van der Waals surface area contributed by atoms with Crippen molar-refractivity contribution in [3.05, 3.63) is 0 Å². The highest BCUT2D eigenvalue weighted by Crippen LogP contribution is 2.16. The molecule has 1 heterocycles. The Balaban J connectivity index is 2.60. The summed E-state index contributed by atoms with van der Waals surface area (Å²) in [7, 11) is 1.97. The van der Waals surface area contributed by atoms with Gasteiger partial charge in [0.25, 0.3) is 0 Å². The average Bonchev–Trinajstić information content (AvgIpc) is 2.47. The van der Waals surface area contributed by atoms with Gasteiger partial charge in [0.15, 0.2) is 0 Å². The Morgan fingerprint density at radius 1 is 1.77 bits per heavy atom. The van der Waals surface area contributed by atoms with Gasteiger partial charge in [-0.3, -0.25) is 9.79 Å². The molecule has 1 atom stereocenters. The SMILES string of the molecule is CCC(CC(=O)O)C1=NCCN1C. The molecule has 0 aromatic heterocycles. The minimum atomic E-state index is -0.741.